The highest BCUT2D eigenvalue weighted by molar-refractivity contribution is 7.93. The lowest BCUT2D eigenvalue weighted by atomic mass is 10.2. The Morgan fingerprint density at radius 2 is 2.00 bits per heavy atom. The average molecular weight is 383 g/mol. The highest BCUT2D eigenvalue weighted by atomic mass is 35.5. The first kappa shape index (κ1) is 16.8. The van der Waals surface area contributed by atoms with E-state index in [1.807, 2.05) is 0 Å². The fraction of sp³-hybridized carbons (Fsp3) is 0.0714. The van der Waals surface area contributed by atoms with Crippen molar-refractivity contribution in [2.45, 2.75) is 15.2 Å². The van der Waals surface area contributed by atoms with Crippen LogP contribution in [0.1, 0.15) is 17.5 Å². The summed E-state index contributed by atoms with van der Waals surface area (Å²) in [4.78, 5) is 0.155. The number of hydrogen-bond acceptors (Lipinski definition) is 7. The van der Waals surface area contributed by atoms with Gasteiger partial charge in [0.25, 0.3) is 0 Å². The van der Waals surface area contributed by atoms with Gasteiger partial charge >= 0.3 is 0 Å². The molecule has 0 aliphatic rings. The molecule has 0 radical (unpaired) electrons. The normalized spacial score (nSPS) is 13.4. The maximum absolute atomic E-state index is 12.7. The van der Waals surface area contributed by atoms with E-state index in [1.165, 1.54) is 36.4 Å². The van der Waals surface area contributed by atoms with Crippen molar-refractivity contribution in [3.8, 4) is 0 Å². The molecule has 2 heterocycles. The van der Waals surface area contributed by atoms with Gasteiger partial charge in [0, 0.05) is 10.6 Å². The number of nitrogens with one attached hydrogen (secondary N) is 1. The number of hydrogen-bond donors (Lipinski definition) is 2. The van der Waals surface area contributed by atoms with E-state index in [2.05, 4.69) is 20.6 Å². The van der Waals surface area contributed by atoms with Gasteiger partial charge in [-0.15, -0.1) is 21.5 Å². The van der Waals surface area contributed by atoms with Gasteiger partial charge in [-0.3, -0.25) is 0 Å². The zero-order valence-corrected chi connectivity index (χ0v) is 14.4. The molecule has 0 amide bonds. The number of halogens is 1. The highest BCUT2D eigenvalue weighted by Crippen LogP contribution is 2.31. The molecule has 124 valence electrons. The summed E-state index contributed by atoms with van der Waals surface area (Å²) in [6, 6.07) is 7.63. The second-order valence-electron chi connectivity index (χ2n) is 4.69. The van der Waals surface area contributed by atoms with Crippen LogP contribution in [0.2, 0.25) is 5.02 Å². The summed E-state index contributed by atoms with van der Waals surface area (Å²) >= 11 is 6.90. The van der Waals surface area contributed by atoms with Crippen molar-refractivity contribution in [3.05, 3.63) is 58.2 Å². The van der Waals surface area contributed by atoms with E-state index in [1.54, 1.807) is 11.4 Å². The van der Waals surface area contributed by atoms with Crippen LogP contribution in [-0.4, -0.2) is 34.1 Å². The number of aromatic amines is 1. The van der Waals surface area contributed by atoms with Crippen molar-refractivity contribution in [1.82, 2.24) is 20.6 Å². The number of rotatable bonds is 5. The molecular formula is C14H11ClN4O3S2. The highest BCUT2D eigenvalue weighted by Gasteiger charge is 2.22. The first-order valence-corrected chi connectivity index (χ1v) is 9.40. The molecule has 2 N–H and O–H groups in total. The van der Waals surface area contributed by atoms with E-state index in [9.17, 15) is 13.5 Å². The van der Waals surface area contributed by atoms with Crippen LogP contribution in [0.3, 0.4) is 0 Å². The van der Waals surface area contributed by atoms with Crippen molar-refractivity contribution in [2.75, 3.05) is 0 Å². The molecule has 3 aromatic rings. The lowest BCUT2D eigenvalue weighted by molar-refractivity contribution is 0.219. The van der Waals surface area contributed by atoms with E-state index in [-0.39, 0.29) is 14.9 Å². The Balaban J connectivity index is 1.91. The van der Waals surface area contributed by atoms with Gasteiger partial charge in [-0.2, -0.15) is 5.21 Å². The topological polar surface area (TPSA) is 109 Å². The molecule has 0 saturated heterocycles. The molecule has 1 aromatic carbocycles. The minimum atomic E-state index is -3.67. The van der Waals surface area contributed by atoms with Crippen molar-refractivity contribution in [2.24, 2.45) is 0 Å². The Kier molecular flexibility index (Phi) is 4.76. The van der Waals surface area contributed by atoms with Crippen molar-refractivity contribution >= 4 is 38.9 Å². The number of sulfone groups is 1. The van der Waals surface area contributed by atoms with Gasteiger partial charge in [0.1, 0.15) is 10.3 Å². The van der Waals surface area contributed by atoms with Crippen LogP contribution in [0, 0.1) is 0 Å². The van der Waals surface area contributed by atoms with Gasteiger partial charge in [0.05, 0.1) is 4.90 Å². The Hall–Kier alpha value is -2.07. The Bertz CT molecular complexity index is 950. The molecule has 0 saturated carbocycles. The maximum Gasteiger partial charge on any atom is 0.216 e. The van der Waals surface area contributed by atoms with Gasteiger partial charge in [0.15, 0.2) is 0 Å². The minimum absolute atomic E-state index is 0.101. The van der Waals surface area contributed by atoms with Crippen LogP contribution in [-0.2, 0) is 9.84 Å². The van der Waals surface area contributed by atoms with Crippen LogP contribution >= 0.6 is 22.9 Å². The summed E-state index contributed by atoms with van der Waals surface area (Å²) in [7, 11) is -3.67. The summed E-state index contributed by atoms with van der Waals surface area (Å²) < 4.78 is 25.6. The van der Waals surface area contributed by atoms with E-state index in [0.717, 1.165) is 11.3 Å². The largest absolute Gasteiger partial charge is 0.381 e. The monoisotopic (exact) mass is 382 g/mol. The van der Waals surface area contributed by atoms with Crippen LogP contribution < -0.4 is 0 Å². The third-order valence-corrected chi connectivity index (χ3v) is 6.65. The standard InChI is InChI=1S/C14H11ClN4O3S2/c15-10-2-4-11(5-3-10)24(21,22)14-9(7-8-23-14)1-6-12(20)13-16-18-19-17-13/h1-8,12,20H,(H,16,17,18,19). The van der Waals surface area contributed by atoms with E-state index in [0.29, 0.717) is 10.6 Å². The summed E-state index contributed by atoms with van der Waals surface area (Å²) in [6.45, 7) is 0. The van der Waals surface area contributed by atoms with Gasteiger partial charge in [0.2, 0.25) is 15.7 Å². The Labute approximate surface area is 146 Å². The van der Waals surface area contributed by atoms with Crippen LogP contribution in [0.15, 0.2) is 50.9 Å². The molecule has 24 heavy (non-hydrogen) atoms. The third-order valence-electron chi connectivity index (χ3n) is 3.11. The Morgan fingerprint density at radius 1 is 1.25 bits per heavy atom. The number of aliphatic hydroxyl groups is 1. The molecule has 0 spiro atoms. The van der Waals surface area contributed by atoms with E-state index < -0.39 is 15.9 Å². The quantitative estimate of drug-likeness (QED) is 0.701. The van der Waals surface area contributed by atoms with Crippen LogP contribution in [0.5, 0.6) is 0 Å². The fourth-order valence-corrected chi connectivity index (χ4v) is 4.80. The second-order valence-corrected chi connectivity index (χ2v) is 8.19. The van der Waals surface area contributed by atoms with Crippen molar-refractivity contribution in [3.63, 3.8) is 0 Å². The zero-order chi connectivity index (χ0) is 17.2. The predicted molar refractivity (Wildman–Crippen MR) is 89.4 cm³/mol. The predicted octanol–water partition coefficient (Wildman–Crippen LogP) is 2.49. The second kappa shape index (κ2) is 6.81. The van der Waals surface area contributed by atoms with Crippen LogP contribution in [0.4, 0.5) is 0 Å². The molecule has 0 bridgehead atoms. The molecule has 1 unspecified atom stereocenters. The number of aromatic nitrogens is 4. The summed E-state index contributed by atoms with van der Waals surface area (Å²) in [5.41, 5.74) is 0.470. The average Bonchev–Trinajstić information content (AvgIpc) is 3.24. The lowest BCUT2D eigenvalue weighted by Crippen LogP contribution is -2.01. The molecule has 10 heteroatoms. The van der Waals surface area contributed by atoms with E-state index >= 15 is 0 Å². The fourth-order valence-electron chi connectivity index (χ4n) is 1.94. The van der Waals surface area contributed by atoms with Crippen LogP contribution in [0.25, 0.3) is 6.08 Å². The molecule has 2 aromatic heterocycles. The number of aliphatic hydroxyl groups excluding tert-OH is 1. The summed E-state index contributed by atoms with van der Waals surface area (Å²) in [6.07, 6.45) is 1.82. The van der Waals surface area contributed by atoms with Gasteiger partial charge in [-0.1, -0.05) is 22.9 Å². The first-order chi connectivity index (χ1) is 11.5. The lowest BCUT2D eigenvalue weighted by Gasteiger charge is -2.04. The molecule has 7 nitrogen and oxygen atoms in total. The number of H-pyrrole nitrogens is 1. The summed E-state index contributed by atoms with van der Waals surface area (Å²) in [5, 5.41) is 25.0. The van der Waals surface area contributed by atoms with E-state index in [4.69, 9.17) is 11.6 Å². The SMILES string of the molecule is O=S(=O)(c1ccc(Cl)cc1)c1sccc1C=CC(O)c1nn[nH]n1. The molecule has 0 aliphatic carbocycles. The molecule has 0 aliphatic heterocycles. The minimum Gasteiger partial charge on any atom is -0.381 e. The number of tetrazole rings is 1. The van der Waals surface area contributed by atoms with Crippen molar-refractivity contribution < 1.29 is 13.5 Å². The first-order valence-electron chi connectivity index (χ1n) is 6.66. The number of nitrogens with zero attached hydrogens (tertiary/aromatic N) is 3. The molecule has 1 atom stereocenters. The summed E-state index contributed by atoms with van der Waals surface area (Å²) in [5.74, 6) is 0.101. The Morgan fingerprint density at radius 3 is 2.67 bits per heavy atom. The molecule has 0 fully saturated rings. The van der Waals surface area contributed by atoms with Gasteiger partial charge < -0.3 is 5.11 Å². The van der Waals surface area contributed by atoms with Crippen molar-refractivity contribution in [1.29, 1.82) is 0 Å². The molecule has 3 rings (SSSR count). The molecular weight excluding hydrogens is 372 g/mol. The maximum atomic E-state index is 12.7. The third kappa shape index (κ3) is 3.39. The van der Waals surface area contributed by atoms with Gasteiger partial charge in [-0.05, 0) is 41.8 Å². The number of thiophene rings is 1. The number of benzene rings is 1. The smallest absolute Gasteiger partial charge is 0.216 e. The zero-order valence-electron chi connectivity index (χ0n) is 12.0. The van der Waals surface area contributed by atoms with Gasteiger partial charge in [-0.25, -0.2) is 8.42 Å².